The number of nitrogens with zero attached hydrogens (tertiary/aromatic N) is 4. The summed E-state index contributed by atoms with van der Waals surface area (Å²) in [4.78, 5) is 4.40. The fraction of sp³-hybridized carbons (Fsp3) is 0.0800. The van der Waals surface area contributed by atoms with Crippen LogP contribution in [0.25, 0.3) is 33.9 Å². The molecule has 1 aliphatic rings. The molecule has 5 rings (SSSR count). The van der Waals surface area contributed by atoms with Crippen LogP contribution in [0.4, 0.5) is 0 Å². The van der Waals surface area contributed by atoms with E-state index in [0.717, 1.165) is 24.1 Å². The summed E-state index contributed by atoms with van der Waals surface area (Å²) in [6.45, 7) is 0. The maximum absolute atomic E-state index is 9.51. The van der Waals surface area contributed by atoms with Gasteiger partial charge in [0.1, 0.15) is 17.8 Å². The summed E-state index contributed by atoms with van der Waals surface area (Å²) in [6, 6.07) is 24.0. The van der Waals surface area contributed by atoms with Crippen molar-refractivity contribution in [3.8, 4) is 29.1 Å². The molecular formula is C25H16N4. The molecule has 4 heteroatoms. The highest BCUT2D eigenvalue weighted by Gasteiger charge is 2.18. The van der Waals surface area contributed by atoms with Crippen molar-refractivity contribution >= 4 is 17.0 Å². The molecule has 4 aromatic rings. The fourth-order valence-electron chi connectivity index (χ4n) is 4.09. The van der Waals surface area contributed by atoms with Crippen molar-refractivity contribution in [1.29, 1.82) is 10.5 Å². The second-order valence-corrected chi connectivity index (χ2v) is 7.02. The van der Waals surface area contributed by atoms with Crippen LogP contribution in [0.5, 0.6) is 0 Å². The lowest BCUT2D eigenvalue weighted by Crippen LogP contribution is -2.01. The minimum Gasteiger partial charge on any atom is -0.310 e. The number of fused-ring (bicyclic) bond motifs is 3. The van der Waals surface area contributed by atoms with Crippen LogP contribution in [0.2, 0.25) is 0 Å². The van der Waals surface area contributed by atoms with Gasteiger partial charge in [-0.1, -0.05) is 36.4 Å². The fourth-order valence-corrected chi connectivity index (χ4v) is 4.09. The zero-order valence-electron chi connectivity index (χ0n) is 15.6. The van der Waals surface area contributed by atoms with E-state index in [1.807, 2.05) is 18.2 Å². The minimum absolute atomic E-state index is 0.302. The average Bonchev–Trinajstić information content (AvgIpc) is 3.13. The zero-order chi connectivity index (χ0) is 19.8. The number of rotatable bonds is 2. The van der Waals surface area contributed by atoms with Crippen LogP contribution in [0.15, 0.2) is 66.7 Å². The third kappa shape index (κ3) is 2.71. The summed E-state index contributed by atoms with van der Waals surface area (Å²) in [5, 5.41) is 20.0. The molecule has 0 saturated heterocycles. The Bertz CT molecular complexity index is 1380. The Labute approximate surface area is 168 Å². The summed E-state index contributed by atoms with van der Waals surface area (Å²) in [7, 11) is 0. The Balaban J connectivity index is 1.76. The van der Waals surface area contributed by atoms with E-state index in [1.54, 1.807) is 12.1 Å². The van der Waals surface area contributed by atoms with Crippen LogP contribution in [0.3, 0.4) is 0 Å². The first-order chi connectivity index (χ1) is 14.3. The third-order valence-corrected chi connectivity index (χ3v) is 5.36. The number of allylic oxidation sites excluding steroid dienone is 1. The monoisotopic (exact) mass is 372 g/mol. The highest BCUT2D eigenvalue weighted by molar-refractivity contribution is 5.91. The van der Waals surface area contributed by atoms with E-state index in [4.69, 9.17) is 0 Å². The van der Waals surface area contributed by atoms with Crippen molar-refractivity contribution in [2.75, 3.05) is 0 Å². The molecule has 29 heavy (non-hydrogen) atoms. The predicted molar refractivity (Wildman–Crippen MR) is 113 cm³/mol. The van der Waals surface area contributed by atoms with Crippen molar-refractivity contribution in [3.05, 3.63) is 89.3 Å². The standard InChI is InChI=1S/C25H16N4/c26-15-18-12-13-19(16-27)28-25(18)17-6-5-7-20(14-17)29-23-10-3-1-8-21(23)22-9-2-4-11-24(22)29/h1,3-8,10-14H,2,9H2. The molecule has 4 nitrogen and oxygen atoms in total. The van der Waals surface area contributed by atoms with Crippen LogP contribution in [0.1, 0.15) is 28.9 Å². The van der Waals surface area contributed by atoms with Gasteiger partial charge >= 0.3 is 0 Å². The molecule has 0 atom stereocenters. The molecule has 2 aromatic carbocycles. The van der Waals surface area contributed by atoms with Crippen LogP contribution in [-0.2, 0) is 6.42 Å². The van der Waals surface area contributed by atoms with E-state index >= 15 is 0 Å². The van der Waals surface area contributed by atoms with Crippen molar-refractivity contribution in [2.24, 2.45) is 0 Å². The number of pyridine rings is 1. The van der Waals surface area contributed by atoms with E-state index in [1.165, 1.54) is 22.2 Å². The Kier molecular flexibility index (Phi) is 3.97. The van der Waals surface area contributed by atoms with E-state index in [-0.39, 0.29) is 0 Å². The molecule has 0 aliphatic heterocycles. The van der Waals surface area contributed by atoms with E-state index in [9.17, 15) is 10.5 Å². The second kappa shape index (κ2) is 6.78. The lowest BCUT2D eigenvalue weighted by atomic mass is 10.0. The first-order valence-electron chi connectivity index (χ1n) is 9.51. The molecule has 0 bridgehead atoms. The highest BCUT2D eigenvalue weighted by Crippen LogP contribution is 2.35. The number of hydrogen-bond acceptors (Lipinski definition) is 3. The summed E-state index contributed by atoms with van der Waals surface area (Å²) in [5.74, 6) is 0. The molecule has 136 valence electrons. The quantitative estimate of drug-likeness (QED) is 0.473. The number of aromatic nitrogens is 2. The summed E-state index contributed by atoms with van der Waals surface area (Å²) >= 11 is 0. The first kappa shape index (κ1) is 17.0. The molecule has 0 N–H and O–H groups in total. The van der Waals surface area contributed by atoms with Crippen molar-refractivity contribution < 1.29 is 0 Å². The van der Waals surface area contributed by atoms with Gasteiger partial charge in [-0.15, -0.1) is 0 Å². The molecule has 0 fully saturated rings. The molecule has 1 aliphatic carbocycles. The van der Waals surface area contributed by atoms with Crippen molar-refractivity contribution in [1.82, 2.24) is 9.55 Å². The second-order valence-electron chi connectivity index (χ2n) is 7.02. The van der Waals surface area contributed by atoms with Gasteiger partial charge in [0.25, 0.3) is 0 Å². The van der Waals surface area contributed by atoms with Gasteiger partial charge < -0.3 is 4.57 Å². The largest absolute Gasteiger partial charge is 0.310 e. The lowest BCUT2D eigenvalue weighted by molar-refractivity contribution is 0.967. The van der Waals surface area contributed by atoms with E-state index < -0.39 is 0 Å². The van der Waals surface area contributed by atoms with Crippen LogP contribution in [0, 0.1) is 22.7 Å². The number of para-hydroxylation sites is 1. The van der Waals surface area contributed by atoms with Crippen LogP contribution < -0.4 is 0 Å². The Morgan fingerprint density at radius 1 is 0.931 bits per heavy atom. The third-order valence-electron chi connectivity index (χ3n) is 5.36. The van der Waals surface area contributed by atoms with Gasteiger partial charge in [0.05, 0.1) is 16.8 Å². The molecule has 0 amide bonds. The van der Waals surface area contributed by atoms with E-state index in [0.29, 0.717) is 17.0 Å². The maximum Gasteiger partial charge on any atom is 0.141 e. The molecule has 0 spiro atoms. The van der Waals surface area contributed by atoms with Gasteiger partial charge in [-0.05, 0) is 54.8 Å². The lowest BCUT2D eigenvalue weighted by Gasteiger charge is -2.13. The van der Waals surface area contributed by atoms with Crippen LogP contribution >= 0.6 is 0 Å². The summed E-state index contributed by atoms with van der Waals surface area (Å²) < 4.78 is 2.27. The Morgan fingerprint density at radius 3 is 2.69 bits per heavy atom. The minimum atomic E-state index is 0.302. The molecule has 2 aromatic heterocycles. The summed E-state index contributed by atoms with van der Waals surface area (Å²) in [5.41, 5.74) is 6.87. The maximum atomic E-state index is 9.51. The van der Waals surface area contributed by atoms with Gasteiger partial charge in [0.15, 0.2) is 0 Å². The van der Waals surface area contributed by atoms with Gasteiger partial charge in [-0.2, -0.15) is 10.5 Å². The smallest absolute Gasteiger partial charge is 0.141 e. The molecule has 0 saturated carbocycles. The predicted octanol–water partition coefficient (Wildman–Crippen LogP) is 5.40. The normalized spacial score (nSPS) is 12.3. The number of benzene rings is 2. The summed E-state index contributed by atoms with van der Waals surface area (Å²) in [6.07, 6.45) is 6.49. The average molecular weight is 372 g/mol. The highest BCUT2D eigenvalue weighted by atomic mass is 15.0. The molecule has 0 radical (unpaired) electrons. The van der Waals surface area contributed by atoms with Crippen molar-refractivity contribution in [3.63, 3.8) is 0 Å². The van der Waals surface area contributed by atoms with Crippen molar-refractivity contribution in [2.45, 2.75) is 12.8 Å². The van der Waals surface area contributed by atoms with E-state index in [2.05, 4.69) is 64.2 Å². The Hall–Kier alpha value is -4.15. The SMILES string of the molecule is N#Cc1ccc(C#N)c(-c2cccc(-n3c4c(c5ccccc53)CCC=C4)c2)n1. The number of hydrogen-bond donors (Lipinski definition) is 0. The molecule has 0 unspecified atom stereocenters. The molecule has 2 heterocycles. The van der Waals surface area contributed by atoms with Crippen LogP contribution in [-0.4, -0.2) is 9.55 Å². The number of aryl methyl sites for hydroxylation is 1. The molecular weight excluding hydrogens is 356 g/mol. The first-order valence-corrected chi connectivity index (χ1v) is 9.51. The topological polar surface area (TPSA) is 65.4 Å². The van der Waals surface area contributed by atoms with Gasteiger partial charge in [0, 0.05) is 22.3 Å². The Morgan fingerprint density at radius 2 is 1.83 bits per heavy atom. The van der Waals surface area contributed by atoms with Gasteiger partial charge in [-0.3, -0.25) is 0 Å². The zero-order valence-corrected chi connectivity index (χ0v) is 15.6. The van der Waals surface area contributed by atoms with Gasteiger partial charge in [0.2, 0.25) is 0 Å². The number of nitriles is 2. The van der Waals surface area contributed by atoms with Gasteiger partial charge in [-0.25, -0.2) is 4.98 Å².